The second-order valence-corrected chi connectivity index (χ2v) is 9.42. The summed E-state index contributed by atoms with van der Waals surface area (Å²) < 4.78 is 15.7. The molecule has 0 bridgehead atoms. The van der Waals surface area contributed by atoms with Gasteiger partial charge in [-0.2, -0.15) is 0 Å². The number of methoxy groups -OCH3 is 1. The predicted octanol–water partition coefficient (Wildman–Crippen LogP) is 4.55. The van der Waals surface area contributed by atoms with Gasteiger partial charge >= 0.3 is 11.9 Å². The van der Waals surface area contributed by atoms with Gasteiger partial charge in [-0.1, -0.05) is 16.9 Å². The van der Waals surface area contributed by atoms with Crippen molar-refractivity contribution in [3.05, 3.63) is 89.5 Å². The van der Waals surface area contributed by atoms with E-state index in [0.717, 1.165) is 9.79 Å². The van der Waals surface area contributed by atoms with Crippen LogP contribution in [-0.4, -0.2) is 61.6 Å². The Hall–Kier alpha value is -3.99. The number of oxime groups is 1. The van der Waals surface area contributed by atoms with Crippen molar-refractivity contribution in [2.75, 3.05) is 26.9 Å². The molecule has 10 heteroatoms. The minimum absolute atomic E-state index is 0.0224. The molecule has 0 fully saturated rings. The molecule has 204 valence electrons. The van der Waals surface area contributed by atoms with Gasteiger partial charge in [-0.15, -0.1) is 0 Å². The van der Waals surface area contributed by atoms with Gasteiger partial charge in [-0.3, -0.25) is 4.79 Å². The van der Waals surface area contributed by atoms with Gasteiger partial charge in [-0.05, 0) is 79.7 Å². The lowest BCUT2D eigenvalue weighted by atomic mass is 10.0. The van der Waals surface area contributed by atoms with E-state index in [-0.39, 0.29) is 25.0 Å². The number of ether oxygens (including phenoxy) is 3. The van der Waals surface area contributed by atoms with Gasteiger partial charge in [0.05, 0.1) is 18.8 Å². The second-order valence-electron chi connectivity index (χ2n) is 8.27. The van der Waals surface area contributed by atoms with Crippen LogP contribution < -0.4 is 4.74 Å². The average Bonchev–Trinajstić information content (AvgIpc) is 2.93. The quantitative estimate of drug-likeness (QED) is 0.107. The maximum absolute atomic E-state index is 13.3. The Labute approximate surface area is 230 Å². The molecule has 0 aliphatic carbocycles. The lowest BCUT2D eigenvalue weighted by Crippen LogP contribution is -2.19. The summed E-state index contributed by atoms with van der Waals surface area (Å²) in [4.78, 5) is 43.1. The van der Waals surface area contributed by atoms with Crippen molar-refractivity contribution in [2.24, 2.45) is 5.16 Å². The van der Waals surface area contributed by atoms with Crippen LogP contribution in [0.4, 0.5) is 0 Å². The molecule has 3 rings (SSSR count). The van der Waals surface area contributed by atoms with Crippen LogP contribution in [0.3, 0.4) is 0 Å². The van der Waals surface area contributed by atoms with E-state index in [1.54, 1.807) is 79.9 Å². The van der Waals surface area contributed by atoms with Gasteiger partial charge in [-0.25, -0.2) is 9.59 Å². The third kappa shape index (κ3) is 9.06. The Kier molecular flexibility index (Phi) is 11.2. The van der Waals surface area contributed by atoms with Gasteiger partial charge in [0, 0.05) is 35.0 Å². The molecular formula is C29H29NO8S. The van der Waals surface area contributed by atoms with E-state index in [9.17, 15) is 14.4 Å². The second kappa shape index (κ2) is 14.8. The Bertz CT molecular complexity index is 1290. The number of nitrogens with zero attached hydrogens (tertiary/aromatic N) is 1. The Balaban J connectivity index is 1.72. The van der Waals surface area contributed by atoms with Gasteiger partial charge in [0.25, 0.3) is 0 Å². The van der Waals surface area contributed by atoms with Crippen LogP contribution in [0.5, 0.6) is 5.75 Å². The van der Waals surface area contributed by atoms with E-state index in [4.69, 9.17) is 24.2 Å². The monoisotopic (exact) mass is 551 g/mol. The highest BCUT2D eigenvalue weighted by Crippen LogP contribution is 2.28. The van der Waals surface area contributed by atoms with Gasteiger partial charge in [0.1, 0.15) is 18.5 Å². The minimum atomic E-state index is -0.645. The molecule has 1 unspecified atom stereocenters. The van der Waals surface area contributed by atoms with Crippen molar-refractivity contribution in [3.8, 4) is 5.75 Å². The molecule has 0 radical (unpaired) electrons. The lowest BCUT2D eigenvalue weighted by Gasteiger charge is -2.14. The van der Waals surface area contributed by atoms with E-state index in [2.05, 4.69) is 5.16 Å². The molecule has 1 N–H and O–H groups in total. The van der Waals surface area contributed by atoms with E-state index >= 15 is 0 Å². The van der Waals surface area contributed by atoms with Gasteiger partial charge in [0.15, 0.2) is 5.71 Å². The SMILES string of the molecule is COCC(C)Oc1ccc(/C(=N\OC(C)=O)C(=O)c2ccc(Sc3ccc(C(=O)OCCO)cc3)cc2)cc1. The molecular weight excluding hydrogens is 522 g/mol. The van der Waals surface area contributed by atoms with Crippen LogP contribution in [0.25, 0.3) is 0 Å². The van der Waals surface area contributed by atoms with Crippen molar-refractivity contribution >= 4 is 35.2 Å². The Morgan fingerprint density at radius 1 is 0.872 bits per heavy atom. The number of esters is 1. The highest BCUT2D eigenvalue weighted by atomic mass is 32.2. The number of rotatable bonds is 13. The number of ketones is 1. The molecule has 3 aromatic rings. The largest absolute Gasteiger partial charge is 0.488 e. The Morgan fingerprint density at radius 2 is 1.44 bits per heavy atom. The topological polar surface area (TPSA) is 121 Å². The lowest BCUT2D eigenvalue weighted by molar-refractivity contribution is -0.140. The van der Waals surface area contributed by atoms with Crippen molar-refractivity contribution < 1.29 is 38.5 Å². The molecule has 0 heterocycles. The first-order valence-electron chi connectivity index (χ1n) is 12.0. The zero-order chi connectivity index (χ0) is 28.2. The van der Waals surface area contributed by atoms with Crippen LogP contribution in [0, 0.1) is 0 Å². The number of hydrogen-bond acceptors (Lipinski definition) is 10. The van der Waals surface area contributed by atoms with Crippen molar-refractivity contribution in [1.29, 1.82) is 0 Å². The summed E-state index contributed by atoms with van der Waals surface area (Å²) >= 11 is 1.45. The average molecular weight is 552 g/mol. The van der Waals surface area contributed by atoms with Gasteiger partial charge in [0.2, 0.25) is 5.78 Å². The highest BCUT2D eigenvalue weighted by molar-refractivity contribution is 7.99. The zero-order valence-corrected chi connectivity index (χ0v) is 22.6. The third-order valence-corrected chi connectivity index (χ3v) is 6.13. The maximum atomic E-state index is 13.3. The van der Waals surface area contributed by atoms with Crippen molar-refractivity contribution in [3.63, 3.8) is 0 Å². The number of carbonyl (C=O) groups excluding carboxylic acids is 3. The van der Waals surface area contributed by atoms with Crippen LogP contribution in [0.1, 0.15) is 40.1 Å². The first-order valence-corrected chi connectivity index (χ1v) is 12.8. The van der Waals surface area contributed by atoms with Gasteiger partial charge < -0.3 is 24.2 Å². The molecule has 3 aromatic carbocycles. The molecule has 39 heavy (non-hydrogen) atoms. The third-order valence-electron chi connectivity index (χ3n) is 5.11. The molecule has 0 aliphatic heterocycles. The smallest absolute Gasteiger partial charge is 0.338 e. The zero-order valence-electron chi connectivity index (χ0n) is 21.8. The standard InChI is InChI=1S/C29H29NO8S/c1-19(18-35-3)37-24-10-4-21(5-11-24)27(30-38-20(2)32)28(33)22-6-12-25(13-7-22)39-26-14-8-23(9-15-26)29(34)36-17-16-31/h4-15,19,31H,16-18H2,1-3H3/b30-27+. The maximum Gasteiger partial charge on any atom is 0.338 e. The number of carbonyl (C=O) groups is 3. The minimum Gasteiger partial charge on any atom is -0.488 e. The first-order chi connectivity index (χ1) is 18.8. The fourth-order valence-corrected chi connectivity index (χ4v) is 4.17. The fraction of sp³-hybridized carbons (Fsp3) is 0.241. The molecule has 0 aromatic heterocycles. The summed E-state index contributed by atoms with van der Waals surface area (Å²) in [7, 11) is 1.59. The summed E-state index contributed by atoms with van der Waals surface area (Å²) in [6.45, 7) is 3.23. The molecule has 9 nitrogen and oxygen atoms in total. The number of benzene rings is 3. The Morgan fingerprint density at radius 3 is 1.97 bits per heavy atom. The molecule has 0 saturated carbocycles. The van der Waals surface area contributed by atoms with Crippen LogP contribution in [-0.2, 0) is 19.1 Å². The van der Waals surface area contributed by atoms with E-state index in [0.29, 0.717) is 29.0 Å². The summed E-state index contributed by atoms with van der Waals surface area (Å²) in [5, 5.41) is 12.6. The molecule has 0 aliphatic rings. The summed E-state index contributed by atoms with van der Waals surface area (Å²) in [6, 6.07) is 20.5. The highest BCUT2D eigenvalue weighted by Gasteiger charge is 2.19. The number of aliphatic hydroxyl groups excluding tert-OH is 1. The molecule has 0 spiro atoms. The molecule has 0 amide bonds. The fourth-order valence-electron chi connectivity index (χ4n) is 3.36. The summed E-state index contributed by atoms with van der Waals surface area (Å²) in [6.07, 6.45) is -0.153. The number of hydrogen-bond donors (Lipinski definition) is 1. The van der Waals surface area contributed by atoms with E-state index < -0.39 is 17.7 Å². The van der Waals surface area contributed by atoms with Crippen LogP contribution in [0.15, 0.2) is 87.7 Å². The van der Waals surface area contributed by atoms with Crippen LogP contribution >= 0.6 is 11.8 Å². The number of aliphatic hydroxyl groups is 1. The predicted molar refractivity (Wildman–Crippen MR) is 145 cm³/mol. The summed E-state index contributed by atoms with van der Waals surface area (Å²) in [5.41, 5.74) is 1.19. The van der Waals surface area contributed by atoms with Crippen molar-refractivity contribution in [2.45, 2.75) is 29.7 Å². The molecule has 1 atom stereocenters. The molecule has 0 saturated heterocycles. The number of Topliss-reactive ketones (excluding diaryl/α,β-unsaturated/α-hetero) is 1. The van der Waals surface area contributed by atoms with E-state index in [1.807, 2.05) is 6.92 Å². The van der Waals surface area contributed by atoms with E-state index in [1.165, 1.54) is 18.7 Å². The van der Waals surface area contributed by atoms with Crippen LogP contribution in [0.2, 0.25) is 0 Å². The summed E-state index contributed by atoms with van der Waals surface area (Å²) in [5.74, 6) is -0.968. The van der Waals surface area contributed by atoms with Crippen molar-refractivity contribution in [1.82, 2.24) is 0 Å². The normalized spacial score (nSPS) is 11.9. The first kappa shape index (κ1) is 29.6.